The molecule has 1 unspecified atom stereocenters. The zero-order valence-corrected chi connectivity index (χ0v) is 14.5. The monoisotopic (exact) mass is 321 g/mol. The summed E-state index contributed by atoms with van der Waals surface area (Å²) in [5.74, 6) is 1.02. The van der Waals surface area contributed by atoms with E-state index >= 15 is 0 Å². The van der Waals surface area contributed by atoms with Crippen molar-refractivity contribution in [2.24, 2.45) is 7.05 Å². The second-order valence-corrected chi connectivity index (χ2v) is 6.62. The van der Waals surface area contributed by atoms with Crippen LogP contribution in [-0.4, -0.2) is 37.7 Å². The van der Waals surface area contributed by atoms with Crippen molar-refractivity contribution in [1.82, 2.24) is 24.6 Å². The van der Waals surface area contributed by atoms with E-state index in [-0.39, 0.29) is 6.04 Å². The van der Waals surface area contributed by atoms with Gasteiger partial charge in [0.05, 0.1) is 6.04 Å². The lowest BCUT2D eigenvalue weighted by Gasteiger charge is -2.31. The third kappa shape index (κ3) is 2.45. The fourth-order valence-corrected chi connectivity index (χ4v) is 3.79. The summed E-state index contributed by atoms with van der Waals surface area (Å²) in [6.07, 6.45) is 5.20. The lowest BCUT2D eigenvalue weighted by atomic mass is 9.96. The standard InChI is InChI=1S/C19H23N5/c1-13-18(16-6-4-5-7-17(16)21-13)15-8-10-24(11-9-15)14(2)19-22-20-12-23(19)3/h4-8,12,14,21H,9-11H2,1-3H3. The van der Waals surface area contributed by atoms with Crippen LogP contribution in [0.2, 0.25) is 0 Å². The summed E-state index contributed by atoms with van der Waals surface area (Å²) in [4.78, 5) is 5.97. The van der Waals surface area contributed by atoms with Crippen molar-refractivity contribution in [3.8, 4) is 0 Å². The summed E-state index contributed by atoms with van der Waals surface area (Å²) >= 11 is 0. The van der Waals surface area contributed by atoms with E-state index in [1.807, 2.05) is 11.6 Å². The Hall–Kier alpha value is -2.40. The Morgan fingerprint density at radius 1 is 1.25 bits per heavy atom. The normalized spacial score (nSPS) is 17.2. The second-order valence-electron chi connectivity index (χ2n) is 6.62. The van der Waals surface area contributed by atoms with Crippen molar-refractivity contribution in [2.75, 3.05) is 13.1 Å². The molecule has 1 aliphatic heterocycles. The molecule has 2 aromatic heterocycles. The Morgan fingerprint density at radius 2 is 2.08 bits per heavy atom. The van der Waals surface area contributed by atoms with E-state index in [9.17, 15) is 0 Å². The highest BCUT2D eigenvalue weighted by atomic mass is 15.3. The minimum absolute atomic E-state index is 0.277. The molecule has 0 fully saturated rings. The molecule has 5 heteroatoms. The Morgan fingerprint density at radius 3 is 2.79 bits per heavy atom. The van der Waals surface area contributed by atoms with Crippen LogP contribution in [0.5, 0.6) is 0 Å². The average Bonchev–Trinajstić information content (AvgIpc) is 3.16. The van der Waals surface area contributed by atoms with Gasteiger partial charge >= 0.3 is 0 Å². The first kappa shape index (κ1) is 15.1. The molecule has 1 aromatic carbocycles. The highest BCUT2D eigenvalue weighted by molar-refractivity contribution is 5.94. The molecule has 0 saturated carbocycles. The number of fused-ring (bicyclic) bond motifs is 1. The van der Waals surface area contributed by atoms with Crippen LogP contribution in [0.4, 0.5) is 0 Å². The molecule has 0 bridgehead atoms. The van der Waals surface area contributed by atoms with Crippen molar-refractivity contribution < 1.29 is 0 Å². The maximum absolute atomic E-state index is 4.26. The molecule has 0 amide bonds. The number of hydrogen-bond donors (Lipinski definition) is 1. The van der Waals surface area contributed by atoms with Crippen molar-refractivity contribution in [1.29, 1.82) is 0 Å². The van der Waals surface area contributed by atoms with Gasteiger partial charge in [-0.3, -0.25) is 4.90 Å². The highest BCUT2D eigenvalue weighted by Crippen LogP contribution is 2.33. The predicted molar refractivity (Wildman–Crippen MR) is 96.6 cm³/mol. The first-order valence-electron chi connectivity index (χ1n) is 8.50. The number of aryl methyl sites for hydroxylation is 2. The second kappa shape index (κ2) is 5.91. The SMILES string of the molecule is Cc1[nH]c2ccccc2c1C1=CCN(C(C)c2nncn2C)CC1. The number of nitrogens with zero attached hydrogens (tertiary/aromatic N) is 4. The number of hydrogen-bond acceptors (Lipinski definition) is 3. The molecule has 0 spiro atoms. The number of aromatic amines is 1. The predicted octanol–water partition coefficient (Wildman–Crippen LogP) is 3.46. The smallest absolute Gasteiger partial charge is 0.149 e. The first-order valence-corrected chi connectivity index (χ1v) is 8.50. The van der Waals surface area contributed by atoms with Crippen molar-refractivity contribution >= 4 is 16.5 Å². The molecule has 3 aromatic rings. The summed E-state index contributed by atoms with van der Waals surface area (Å²) < 4.78 is 2.01. The maximum Gasteiger partial charge on any atom is 0.149 e. The van der Waals surface area contributed by atoms with Crippen molar-refractivity contribution in [2.45, 2.75) is 26.3 Å². The van der Waals surface area contributed by atoms with Gasteiger partial charge in [0.25, 0.3) is 0 Å². The van der Waals surface area contributed by atoms with Crippen molar-refractivity contribution in [3.63, 3.8) is 0 Å². The molecule has 3 heterocycles. The molecule has 124 valence electrons. The lowest BCUT2D eigenvalue weighted by Crippen LogP contribution is -2.32. The van der Waals surface area contributed by atoms with Gasteiger partial charge in [-0.05, 0) is 31.9 Å². The molecule has 0 saturated heterocycles. The maximum atomic E-state index is 4.26. The lowest BCUT2D eigenvalue weighted by molar-refractivity contribution is 0.221. The fourth-order valence-electron chi connectivity index (χ4n) is 3.79. The Labute approximate surface area is 142 Å². The zero-order valence-electron chi connectivity index (χ0n) is 14.5. The molecule has 1 N–H and O–H groups in total. The fraction of sp³-hybridized carbons (Fsp3) is 0.368. The number of rotatable bonds is 3. The van der Waals surface area contributed by atoms with Crippen LogP contribution < -0.4 is 0 Å². The molecule has 0 radical (unpaired) electrons. The van der Waals surface area contributed by atoms with E-state index in [0.717, 1.165) is 25.3 Å². The quantitative estimate of drug-likeness (QED) is 0.804. The van der Waals surface area contributed by atoms with E-state index < -0.39 is 0 Å². The topological polar surface area (TPSA) is 49.7 Å². The number of benzene rings is 1. The summed E-state index contributed by atoms with van der Waals surface area (Å²) in [5, 5.41) is 9.60. The van der Waals surface area contributed by atoms with Gasteiger partial charge in [0, 0.05) is 42.3 Å². The van der Waals surface area contributed by atoms with Gasteiger partial charge in [0.1, 0.15) is 12.2 Å². The largest absolute Gasteiger partial charge is 0.358 e. The van der Waals surface area contributed by atoms with Crippen LogP contribution in [-0.2, 0) is 7.05 Å². The van der Waals surface area contributed by atoms with Crippen LogP contribution in [0, 0.1) is 6.92 Å². The van der Waals surface area contributed by atoms with Crippen LogP contribution >= 0.6 is 0 Å². The minimum atomic E-state index is 0.277. The molecular formula is C19H23N5. The van der Waals surface area contributed by atoms with Crippen LogP contribution in [0.3, 0.4) is 0 Å². The summed E-state index contributed by atoms with van der Waals surface area (Å²) in [6, 6.07) is 8.84. The van der Waals surface area contributed by atoms with Crippen LogP contribution in [0.15, 0.2) is 36.7 Å². The van der Waals surface area contributed by atoms with Gasteiger partial charge in [-0.15, -0.1) is 10.2 Å². The number of nitrogens with one attached hydrogen (secondary N) is 1. The van der Waals surface area contributed by atoms with Gasteiger partial charge in [-0.2, -0.15) is 0 Å². The molecular weight excluding hydrogens is 298 g/mol. The molecule has 0 aliphatic carbocycles. The molecule has 24 heavy (non-hydrogen) atoms. The number of H-pyrrole nitrogens is 1. The van der Waals surface area contributed by atoms with Crippen LogP contribution in [0.25, 0.3) is 16.5 Å². The van der Waals surface area contributed by atoms with E-state index in [2.05, 4.69) is 64.3 Å². The van der Waals surface area contributed by atoms with Crippen LogP contribution in [0.1, 0.15) is 36.5 Å². The molecule has 5 nitrogen and oxygen atoms in total. The minimum Gasteiger partial charge on any atom is -0.358 e. The van der Waals surface area contributed by atoms with Gasteiger partial charge in [0.2, 0.25) is 0 Å². The number of para-hydroxylation sites is 1. The van der Waals surface area contributed by atoms with E-state index in [1.54, 1.807) is 6.33 Å². The Balaban J connectivity index is 1.60. The Bertz CT molecular complexity index is 902. The summed E-state index contributed by atoms with van der Waals surface area (Å²) in [6.45, 7) is 6.37. The molecule has 1 aliphatic rings. The average molecular weight is 321 g/mol. The van der Waals surface area contributed by atoms with E-state index in [1.165, 1.54) is 27.7 Å². The zero-order chi connectivity index (χ0) is 16.7. The Kier molecular flexibility index (Phi) is 3.73. The summed E-state index contributed by atoms with van der Waals surface area (Å²) in [5.41, 5.74) is 5.32. The number of aromatic nitrogens is 4. The molecule has 4 rings (SSSR count). The van der Waals surface area contributed by atoms with Gasteiger partial charge in [-0.1, -0.05) is 24.3 Å². The van der Waals surface area contributed by atoms with E-state index in [4.69, 9.17) is 0 Å². The van der Waals surface area contributed by atoms with Gasteiger partial charge < -0.3 is 9.55 Å². The third-order valence-corrected chi connectivity index (χ3v) is 5.12. The molecule has 1 atom stereocenters. The third-order valence-electron chi connectivity index (χ3n) is 5.12. The highest BCUT2D eigenvalue weighted by Gasteiger charge is 2.23. The van der Waals surface area contributed by atoms with Crippen molar-refractivity contribution in [3.05, 3.63) is 53.8 Å². The van der Waals surface area contributed by atoms with Gasteiger partial charge in [-0.25, -0.2) is 0 Å². The summed E-state index contributed by atoms with van der Waals surface area (Å²) in [7, 11) is 2.01. The first-order chi connectivity index (χ1) is 11.6. The van der Waals surface area contributed by atoms with E-state index in [0.29, 0.717) is 0 Å². The van der Waals surface area contributed by atoms with Gasteiger partial charge in [0.15, 0.2) is 0 Å².